The molecule has 1 aliphatic rings. The van der Waals surface area contributed by atoms with E-state index in [1.165, 1.54) is 7.11 Å². The Morgan fingerprint density at radius 2 is 1.69 bits per heavy atom. The predicted octanol–water partition coefficient (Wildman–Crippen LogP) is 4.84. The lowest BCUT2D eigenvalue weighted by molar-refractivity contribution is 0.0600. The minimum atomic E-state index is -0.400. The van der Waals surface area contributed by atoms with Crippen LogP contribution in [0.25, 0.3) is 5.69 Å². The van der Waals surface area contributed by atoms with Crippen LogP contribution in [-0.4, -0.2) is 34.9 Å². The van der Waals surface area contributed by atoms with Crippen LogP contribution < -0.4 is 15.0 Å². The van der Waals surface area contributed by atoms with Gasteiger partial charge in [-0.2, -0.15) is 0 Å². The van der Waals surface area contributed by atoms with Crippen LogP contribution in [0.1, 0.15) is 33.8 Å². The minimum Gasteiger partial charge on any atom is -0.495 e. The van der Waals surface area contributed by atoms with Gasteiger partial charge in [-0.25, -0.2) is 4.79 Å². The largest absolute Gasteiger partial charge is 0.495 e. The molecule has 0 bridgehead atoms. The zero-order chi connectivity index (χ0) is 24.4. The topological polar surface area (TPSA) is 68.6 Å². The van der Waals surface area contributed by atoms with Crippen molar-refractivity contribution < 1.29 is 14.3 Å². The number of aromatic nitrogens is 2. The Labute approximate surface area is 208 Å². The second-order valence-corrected chi connectivity index (χ2v) is 8.37. The number of benzene rings is 2. The van der Waals surface area contributed by atoms with Crippen molar-refractivity contribution in [3.05, 3.63) is 108 Å². The van der Waals surface area contributed by atoms with Crippen LogP contribution in [0.5, 0.6) is 5.75 Å². The highest BCUT2D eigenvalue weighted by Gasteiger charge is 2.43. The van der Waals surface area contributed by atoms with E-state index in [-0.39, 0.29) is 12.1 Å². The molecule has 8 heteroatoms. The van der Waals surface area contributed by atoms with E-state index < -0.39 is 5.97 Å². The van der Waals surface area contributed by atoms with Gasteiger partial charge in [-0.1, -0.05) is 30.3 Å². The third-order valence-electron chi connectivity index (χ3n) is 6.10. The Morgan fingerprint density at radius 1 is 0.943 bits per heavy atom. The molecule has 35 heavy (non-hydrogen) atoms. The van der Waals surface area contributed by atoms with Crippen LogP contribution >= 0.6 is 12.2 Å². The monoisotopic (exact) mass is 484 g/mol. The normalized spacial score (nSPS) is 17.2. The Balaban J connectivity index is 1.71. The first-order chi connectivity index (χ1) is 17.1. The quantitative estimate of drug-likeness (QED) is 0.310. The van der Waals surface area contributed by atoms with Crippen molar-refractivity contribution in [1.29, 1.82) is 0 Å². The van der Waals surface area contributed by atoms with Crippen molar-refractivity contribution >= 4 is 29.0 Å². The Bertz CT molecular complexity index is 1370. The smallest absolute Gasteiger partial charge is 0.339 e. The number of hydrogen-bond donors (Lipinski definition) is 1. The van der Waals surface area contributed by atoms with Crippen molar-refractivity contribution in [2.45, 2.75) is 12.1 Å². The van der Waals surface area contributed by atoms with Gasteiger partial charge in [0.05, 0.1) is 42.9 Å². The summed E-state index contributed by atoms with van der Waals surface area (Å²) >= 11 is 5.85. The Hall–Kier alpha value is -4.17. The van der Waals surface area contributed by atoms with E-state index in [0.29, 0.717) is 16.4 Å². The molecule has 0 radical (unpaired) electrons. The van der Waals surface area contributed by atoms with E-state index in [9.17, 15) is 4.79 Å². The van der Waals surface area contributed by atoms with Crippen LogP contribution in [0.3, 0.4) is 0 Å². The predicted molar refractivity (Wildman–Crippen MR) is 138 cm³/mol. The van der Waals surface area contributed by atoms with Gasteiger partial charge in [0.2, 0.25) is 0 Å². The van der Waals surface area contributed by atoms with Crippen molar-refractivity contribution in [3.63, 3.8) is 0 Å². The number of methoxy groups -OCH3 is 2. The SMILES string of the molecule is COC(=O)c1ccccc1-n1cccc1[C@H]1[C@H](c2ccccn2)NC(=S)N1c1ccccc1OC. The molecule has 4 aromatic rings. The number of anilines is 1. The van der Waals surface area contributed by atoms with Crippen molar-refractivity contribution in [1.82, 2.24) is 14.9 Å². The molecule has 1 saturated heterocycles. The van der Waals surface area contributed by atoms with Crippen molar-refractivity contribution in [3.8, 4) is 11.4 Å². The molecule has 1 aliphatic heterocycles. The molecule has 7 nitrogen and oxygen atoms in total. The number of ether oxygens (including phenoxy) is 2. The molecule has 5 rings (SSSR count). The number of rotatable bonds is 6. The molecule has 2 aromatic carbocycles. The maximum absolute atomic E-state index is 12.6. The molecule has 0 spiro atoms. The number of thiocarbonyl (C=S) groups is 1. The molecular formula is C27H24N4O3S. The maximum Gasteiger partial charge on any atom is 0.339 e. The molecular weight excluding hydrogens is 460 g/mol. The molecule has 0 amide bonds. The first-order valence-corrected chi connectivity index (χ1v) is 11.5. The fraction of sp³-hybridized carbons (Fsp3) is 0.148. The second kappa shape index (κ2) is 9.60. The summed E-state index contributed by atoms with van der Waals surface area (Å²) in [6, 6.07) is 24.5. The lowest BCUT2D eigenvalue weighted by Gasteiger charge is -2.30. The van der Waals surface area contributed by atoms with Gasteiger partial charge in [0.25, 0.3) is 0 Å². The third kappa shape index (κ3) is 4.02. The standard InChI is InChI=1S/C27H24N4O3S/c1-33-23-15-6-5-13-21(23)31-25(24(29-27(31)35)19-11-7-8-16-28-19)22-14-9-17-30(22)20-12-4-3-10-18(20)26(32)34-2/h3-17,24-25H,1-2H3,(H,29,35)/t24-,25-/m0/s1. The molecule has 3 heterocycles. The number of pyridine rings is 1. The lowest BCUT2D eigenvalue weighted by Crippen LogP contribution is -2.30. The van der Waals surface area contributed by atoms with Gasteiger partial charge in [0.1, 0.15) is 11.8 Å². The van der Waals surface area contributed by atoms with Crippen LogP contribution in [0.4, 0.5) is 5.69 Å². The van der Waals surface area contributed by atoms with Crippen LogP contribution in [0.15, 0.2) is 91.3 Å². The maximum atomic E-state index is 12.6. The van der Waals surface area contributed by atoms with Crippen LogP contribution in [0, 0.1) is 0 Å². The van der Waals surface area contributed by atoms with E-state index in [1.807, 2.05) is 83.6 Å². The van der Waals surface area contributed by atoms with Gasteiger partial charge in [-0.3, -0.25) is 4.98 Å². The van der Waals surface area contributed by atoms with E-state index in [1.54, 1.807) is 19.4 Å². The molecule has 2 aromatic heterocycles. The van der Waals surface area contributed by atoms with Crippen molar-refractivity contribution in [2.75, 3.05) is 19.1 Å². The summed E-state index contributed by atoms with van der Waals surface area (Å²) in [4.78, 5) is 19.2. The van der Waals surface area contributed by atoms with Gasteiger partial charge in [0, 0.05) is 18.1 Å². The van der Waals surface area contributed by atoms with Gasteiger partial charge < -0.3 is 24.3 Å². The number of hydrogen-bond acceptors (Lipinski definition) is 5. The first kappa shape index (κ1) is 22.6. The summed E-state index contributed by atoms with van der Waals surface area (Å²) in [5.41, 5.74) is 3.81. The molecule has 1 N–H and O–H groups in total. The highest BCUT2D eigenvalue weighted by atomic mass is 32.1. The zero-order valence-electron chi connectivity index (χ0n) is 19.3. The molecule has 176 valence electrons. The highest BCUT2D eigenvalue weighted by Crippen LogP contribution is 2.45. The summed E-state index contributed by atoms with van der Waals surface area (Å²) in [6.45, 7) is 0. The van der Waals surface area contributed by atoms with Crippen LogP contribution in [0.2, 0.25) is 0 Å². The number of nitrogens with one attached hydrogen (secondary N) is 1. The number of carbonyl (C=O) groups is 1. The second-order valence-electron chi connectivity index (χ2n) is 7.98. The van der Waals surface area contributed by atoms with E-state index in [2.05, 4.69) is 15.2 Å². The van der Waals surface area contributed by atoms with E-state index in [0.717, 1.165) is 22.8 Å². The summed E-state index contributed by atoms with van der Waals surface area (Å²) in [6.07, 6.45) is 3.71. The molecule has 0 aliphatic carbocycles. The van der Waals surface area contributed by atoms with Gasteiger partial charge in [0.15, 0.2) is 5.11 Å². The summed E-state index contributed by atoms with van der Waals surface area (Å²) < 4.78 is 12.7. The Morgan fingerprint density at radius 3 is 2.43 bits per heavy atom. The first-order valence-electron chi connectivity index (χ1n) is 11.1. The minimum absolute atomic E-state index is 0.243. The van der Waals surface area contributed by atoms with E-state index >= 15 is 0 Å². The molecule has 0 saturated carbocycles. The Kier molecular flexibility index (Phi) is 6.20. The van der Waals surface area contributed by atoms with Gasteiger partial charge in [-0.15, -0.1) is 0 Å². The fourth-order valence-corrected chi connectivity index (χ4v) is 4.90. The average Bonchev–Trinajstić information content (AvgIpc) is 3.52. The van der Waals surface area contributed by atoms with Crippen molar-refractivity contribution in [2.24, 2.45) is 0 Å². The van der Waals surface area contributed by atoms with Gasteiger partial charge in [-0.05, 0) is 60.7 Å². The highest BCUT2D eigenvalue weighted by molar-refractivity contribution is 7.80. The lowest BCUT2D eigenvalue weighted by atomic mass is 10.00. The summed E-state index contributed by atoms with van der Waals surface area (Å²) in [7, 11) is 3.03. The third-order valence-corrected chi connectivity index (χ3v) is 6.41. The fourth-order valence-electron chi connectivity index (χ4n) is 4.56. The number of nitrogens with zero attached hydrogens (tertiary/aromatic N) is 3. The van der Waals surface area contributed by atoms with Crippen LogP contribution in [-0.2, 0) is 4.74 Å². The molecule has 0 unspecified atom stereocenters. The molecule has 1 fully saturated rings. The number of esters is 1. The molecule has 2 atom stereocenters. The van der Waals surface area contributed by atoms with E-state index in [4.69, 9.17) is 21.7 Å². The van der Waals surface area contributed by atoms with Gasteiger partial charge >= 0.3 is 5.97 Å². The summed E-state index contributed by atoms with van der Waals surface area (Å²) in [5, 5.41) is 4.03. The number of carbonyl (C=O) groups excluding carboxylic acids is 1. The number of para-hydroxylation sites is 3. The average molecular weight is 485 g/mol. The summed E-state index contributed by atoms with van der Waals surface area (Å²) in [5.74, 6) is 0.305. The zero-order valence-corrected chi connectivity index (χ0v) is 20.1.